The SMILES string of the molecule is CCNC(=NCCc1cc(C)ccc1OC)NCCN1C(=O)CCCC1=O.I. The molecule has 0 saturated carbocycles. The molecular formula is C20H31IN4O3. The summed E-state index contributed by atoms with van der Waals surface area (Å²) in [5, 5.41) is 6.39. The van der Waals surface area contributed by atoms with Gasteiger partial charge in [0.1, 0.15) is 5.75 Å². The van der Waals surface area contributed by atoms with Gasteiger partial charge in [0.2, 0.25) is 11.8 Å². The maximum Gasteiger partial charge on any atom is 0.229 e. The third-order valence-electron chi connectivity index (χ3n) is 4.44. The van der Waals surface area contributed by atoms with Gasteiger partial charge in [0.05, 0.1) is 7.11 Å². The zero-order valence-electron chi connectivity index (χ0n) is 16.9. The fraction of sp³-hybridized carbons (Fsp3) is 0.550. The third-order valence-corrected chi connectivity index (χ3v) is 4.44. The zero-order valence-corrected chi connectivity index (χ0v) is 19.2. The van der Waals surface area contributed by atoms with E-state index in [4.69, 9.17) is 4.74 Å². The molecule has 1 aromatic rings. The number of piperidine rings is 1. The molecule has 0 aliphatic carbocycles. The van der Waals surface area contributed by atoms with E-state index in [-0.39, 0.29) is 35.8 Å². The van der Waals surface area contributed by atoms with Gasteiger partial charge in [0.25, 0.3) is 0 Å². The van der Waals surface area contributed by atoms with Crippen molar-refractivity contribution in [3.63, 3.8) is 0 Å². The predicted octanol–water partition coefficient (Wildman–Crippen LogP) is 2.26. The number of carbonyl (C=O) groups is 2. The first-order valence-corrected chi connectivity index (χ1v) is 9.54. The van der Waals surface area contributed by atoms with Gasteiger partial charge in [0, 0.05) is 39.0 Å². The number of amides is 2. The highest BCUT2D eigenvalue weighted by atomic mass is 127. The van der Waals surface area contributed by atoms with Gasteiger partial charge in [-0.2, -0.15) is 0 Å². The molecule has 0 aromatic heterocycles. The van der Waals surface area contributed by atoms with Gasteiger partial charge in [-0.25, -0.2) is 0 Å². The van der Waals surface area contributed by atoms with Crippen molar-refractivity contribution in [2.75, 3.05) is 33.3 Å². The molecule has 1 aliphatic rings. The summed E-state index contributed by atoms with van der Waals surface area (Å²) in [6.45, 7) is 6.25. The van der Waals surface area contributed by atoms with Crippen LogP contribution in [0.2, 0.25) is 0 Å². The number of guanidine groups is 1. The summed E-state index contributed by atoms with van der Waals surface area (Å²) in [6.07, 6.45) is 2.34. The van der Waals surface area contributed by atoms with Crippen molar-refractivity contribution < 1.29 is 14.3 Å². The Morgan fingerprint density at radius 3 is 2.57 bits per heavy atom. The van der Waals surface area contributed by atoms with E-state index in [1.54, 1.807) is 7.11 Å². The van der Waals surface area contributed by atoms with Gasteiger partial charge in [-0.3, -0.25) is 19.5 Å². The van der Waals surface area contributed by atoms with Crippen LogP contribution in [0.3, 0.4) is 0 Å². The molecular weight excluding hydrogens is 471 g/mol. The number of methoxy groups -OCH3 is 1. The van der Waals surface area contributed by atoms with E-state index in [1.807, 2.05) is 19.1 Å². The molecule has 0 atom stereocenters. The minimum atomic E-state index is -0.0819. The Balaban J connectivity index is 0.00000392. The first-order valence-electron chi connectivity index (χ1n) is 9.54. The van der Waals surface area contributed by atoms with Gasteiger partial charge in [-0.15, -0.1) is 24.0 Å². The van der Waals surface area contributed by atoms with Crippen molar-refractivity contribution in [3.05, 3.63) is 29.3 Å². The first-order chi connectivity index (χ1) is 13.0. The van der Waals surface area contributed by atoms with Crippen molar-refractivity contribution in [2.24, 2.45) is 4.99 Å². The fourth-order valence-corrected chi connectivity index (χ4v) is 3.07. The molecule has 1 aliphatic heterocycles. The van der Waals surface area contributed by atoms with E-state index in [1.165, 1.54) is 10.5 Å². The molecule has 1 aromatic carbocycles. The topological polar surface area (TPSA) is 83.0 Å². The molecule has 0 unspecified atom stereocenters. The lowest BCUT2D eigenvalue weighted by atomic mass is 10.1. The molecule has 28 heavy (non-hydrogen) atoms. The molecule has 0 radical (unpaired) electrons. The van der Waals surface area contributed by atoms with E-state index in [9.17, 15) is 9.59 Å². The fourth-order valence-electron chi connectivity index (χ4n) is 3.07. The quantitative estimate of drug-likeness (QED) is 0.247. The highest BCUT2D eigenvalue weighted by molar-refractivity contribution is 14.0. The highest BCUT2D eigenvalue weighted by Gasteiger charge is 2.25. The number of rotatable bonds is 8. The Kier molecular flexibility index (Phi) is 10.9. The second-order valence-electron chi connectivity index (χ2n) is 6.55. The number of aryl methyl sites for hydroxylation is 1. The van der Waals surface area contributed by atoms with E-state index in [2.05, 4.69) is 28.6 Å². The summed E-state index contributed by atoms with van der Waals surface area (Å²) in [7, 11) is 1.67. The Morgan fingerprint density at radius 2 is 1.93 bits per heavy atom. The minimum Gasteiger partial charge on any atom is -0.496 e. The van der Waals surface area contributed by atoms with Crippen LogP contribution in [0, 0.1) is 6.92 Å². The van der Waals surface area contributed by atoms with Gasteiger partial charge in [-0.05, 0) is 38.3 Å². The van der Waals surface area contributed by atoms with Crippen molar-refractivity contribution in [2.45, 2.75) is 39.5 Å². The summed E-state index contributed by atoms with van der Waals surface area (Å²) in [5.41, 5.74) is 2.32. The standard InChI is InChI=1S/C20H30N4O3.HI/c1-4-21-20(23-12-13-24-18(25)6-5-7-19(24)26)22-11-10-16-14-15(2)8-9-17(16)27-3;/h8-9,14H,4-7,10-13H2,1-3H3,(H2,21,22,23);1H. The van der Waals surface area contributed by atoms with Crippen molar-refractivity contribution >= 4 is 41.8 Å². The van der Waals surface area contributed by atoms with E-state index >= 15 is 0 Å². The molecule has 1 saturated heterocycles. The lowest BCUT2D eigenvalue weighted by molar-refractivity contribution is -0.147. The van der Waals surface area contributed by atoms with E-state index < -0.39 is 0 Å². The van der Waals surface area contributed by atoms with Crippen LogP contribution in [0.25, 0.3) is 0 Å². The summed E-state index contributed by atoms with van der Waals surface area (Å²) in [5.74, 6) is 1.39. The number of benzene rings is 1. The van der Waals surface area contributed by atoms with Crippen LogP contribution in [0.1, 0.15) is 37.3 Å². The number of likely N-dealkylation sites (tertiary alicyclic amines) is 1. The Bertz CT molecular complexity index is 678. The summed E-state index contributed by atoms with van der Waals surface area (Å²) < 4.78 is 5.41. The number of hydrogen-bond acceptors (Lipinski definition) is 4. The lowest BCUT2D eigenvalue weighted by Crippen LogP contribution is -2.46. The van der Waals surface area contributed by atoms with Gasteiger partial charge in [-0.1, -0.05) is 17.7 Å². The van der Waals surface area contributed by atoms with Crippen LogP contribution in [0.5, 0.6) is 5.75 Å². The van der Waals surface area contributed by atoms with Crippen LogP contribution in [0.4, 0.5) is 0 Å². The summed E-state index contributed by atoms with van der Waals surface area (Å²) in [4.78, 5) is 29.6. The Morgan fingerprint density at radius 1 is 1.21 bits per heavy atom. The van der Waals surface area contributed by atoms with Crippen LogP contribution in [-0.4, -0.2) is 56.0 Å². The number of nitrogens with zero attached hydrogens (tertiary/aromatic N) is 2. The average Bonchev–Trinajstić information content (AvgIpc) is 2.64. The molecule has 7 nitrogen and oxygen atoms in total. The first kappa shape index (κ1) is 24.2. The second kappa shape index (κ2) is 12.6. The molecule has 0 bridgehead atoms. The van der Waals surface area contributed by atoms with Gasteiger partial charge < -0.3 is 15.4 Å². The minimum absolute atomic E-state index is 0. The highest BCUT2D eigenvalue weighted by Crippen LogP contribution is 2.20. The molecule has 2 N–H and O–H groups in total. The normalized spacial score (nSPS) is 14.5. The van der Waals surface area contributed by atoms with Crippen LogP contribution >= 0.6 is 24.0 Å². The van der Waals surface area contributed by atoms with Crippen molar-refractivity contribution in [3.8, 4) is 5.75 Å². The van der Waals surface area contributed by atoms with Crippen molar-refractivity contribution in [1.82, 2.24) is 15.5 Å². The lowest BCUT2D eigenvalue weighted by Gasteiger charge is -2.25. The van der Waals surface area contributed by atoms with Crippen LogP contribution < -0.4 is 15.4 Å². The van der Waals surface area contributed by atoms with E-state index in [0.29, 0.717) is 44.9 Å². The monoisotopic (exact) mass is 502 g/mol. The summed E-state index contributed by atoms with van der Waals surface area (Å²) in [6, 6.07) is 6.12. The van der Waals surface area contributed by atoms with Gasteiger partial charge in [0.15, 0.2) is 5.96 Å². The van der Waals surface area contributed by atoms with Crippen LogP contribution in [-0.2, 0) is 16.0 Å². The second-order valence-corrected chi connectivity index (χ2v) is 6.55. The maximum atomic E-state index is 11.8. The third kappa shape index (κ3) is 7.29. The molecule has 1 heterocycles. The average molecular weight is 502 g/mol. The molecule has 1 fully saturated rings. The molecule has 0 spiro atoms. The van der Waals surface area contributed by atoms with Crippen molar-refractivity contribution in [1.29, 1.82) is 0 Å². The number of imide groups is 1. The predicted molar refractivity (Wildman–Crippen MR) is 121 cm³/mol. The number of hydrogen-bond donors (Lipinski definition) is 2. The smallest absolute Gasteiger partial charge is 0.229 e. The van der Waals surface area contributed by atoms with E-state index in [0.717, 1.165) is 24.3 Å². The number of nitrogens with one attached hydrogen (secondary N) is 2. The Labute approximate surface area is 184 Å². The zero-order chi connectivity index (χ0) is 19.6. The maximum absolute atomic E-state index is 11.8. The van der Waals surface area contributed by atoms with Crippen LogP contribution in [0.15, 0.2) is 23.2 Å². The number of aliphatic imine (C=N–C) groups is 1. The number of halogens is 1. The molecule has 2 rings (SSSR count). The Hall–Kier alpha value is -1.84. The number of carbonyl (C=O) groups excluding carboxylic acids is 2. The van der Waals surface area contributed by atoms with Gasteiger partial charge >= 0.3 is 0 Å². The molecule has 8 heteroatoms. The summed E-state index contributed by atoms with van der Waals surface area (Å²) >= 11 is 0. The molecule has 2 amide bonds. The number of ether oxygens (including phenoxy) is 1. The molecule has 156 valence electrons. The largest absolute Gasteiger partial charge is 0.496 e.